The smallest absolute Gasteiger partial charge is 0.240 e. The normalized spacial score (nSPS) is 10.4. The molecule has 2 aromatic rings. The first-order chi connectivity index (χ1) is 8.71. The van der Waals surface area contributed by atoms with Crippen LogP contribution in [0.1, 0.15) is 12.6 Å². The molecule has 2 N–H and O–H groups in total. The second-order valence-corrected chi connectivity index (χ2v) is 4.37. The Hall–Kier alpha value is -1.76. The first kappa shape index (κ1) is 12.7. The van der Waals surface area contributed by atoms with Crippen LogP contribution in [0.5, 0.6) is 11.8 Å². The maximum atomic E-state index is 5.58. The Balaban J connectivity index is 2.23. The molecule has 0 aliphatic carbocycles. The van der Waals surface area contributed by atoms with E-state index in [1.165, 1.54) is 11.8 Å². The number of anilines is 1. The lowest BCUT2D eigenvalue weighted by molar-refractivity contribution is 0.437. The largest absolute Gasteiger partial charge is 0.419 e. The second kappa shape index (κ2) is 5.72. The zero-order valence-electron chi connectivity index (χ0n) is 10.5. The number of aryl methyl sites for hydroxylation is 1. The minimum atomic E-state index is 0.483. The van der Waals surface area contributed by atoms with Gasteiger partial charge in [-0.05, 0) is 20.1 Å². The van der Waals surface area contributed by atoms with Crippen molar-refractivity contribution in [2.24, 2.45) is 0 Å². The Morgan fingerprint density at radius 2 is 2.17 bits per heavy atom. The van der Waals surface area contributed by atoms with Crippen LogP contribution in [0.2, 0.25) is 0 Å². The van der Waals surface area contributed by atoms with Crippen LogP contribution in [0.4, 0.5) is 5.82 Å². The molecule has 0 unspecified atom stereocenters. The fraction of sp³-hybridized carbons (Fsp3) is 0.364. The molecular weight excluding hydrogens is 250 g/mol. The number of rotatable bonds is 5. The molecule has 2 heterocycles. The predicted molar refractivity (Wildman–Crippen MR) is 71.4 cm³/mol. The molecule has 0 aromatic carbocycles. The quantitative estimate of drug-likeness (QED) is 0.639. The summed E-state index contributed by atoms with van der Waals surface area (Å²) in [5.41, 5.74) is 0.941. The second-order valence-electron chi connectivity index (χ2n) is 3.60. The summed E-state index contributed by atoms with van der Waals surface area (Å²) in [6, 6.07) is 3.57. The molecule has 7 heteroatoms. The Morgan fingerprint density at radius 1 is 1.33 bits per heavy atom. The molecule has 6 nitrogen and oxygen atoms in total. The lowest BCUT2D eigenvalue weighted by Gasteiger charge is -2.07. The number of aromatic amines is 1. The van der Waals surface area contributed by atoms with Gasteiger partial charge in [0, 0.05) is 24.4 Å². The number of ether oxygens (including phenoxy) is 1. The van der Waals surface area contributed by atoms with E-state index in [0.717, 1.165) is 18.1 Å². The van der Waals surface area contributed by atoms with Gasteiger partial charge in [0.1, 0.15) is 5.82 Å². The summed E-state index contributed by atoms with van der Waals surface area (Å²) in [6.07, 6.45) is 1.92. The Labute approximate surface area is 110 Å². The molecule has 0 radical (unpaired) electrons. The van der Waals surface area contributed by atoms with Gasteiger partial charge in [0.25, 0.3) is 0 Å². The lowest BCUT2D eigenvalue weighted by atomic mass is 10.5. The molecule has 96 valence electrons. The lowest BCUT2D eigenvalue weighted by Crippen LogP contribution is -2.02. The van der Waals surface area contributed by atoms with Gasteiger partial charge in [0.2, 0.25) is 11.8 Å². The van der Waals surface area contributed by atoms with Crippen LogP contribution in [-0.2, 0) is 0 Å². The van der Waals surface area contributed by atoms with E-state index in [4.69, 9.17) is 4.74 Å². The topological polar surface area (TPSA) is 75.7 Å². The van der Waals surface area contributed by atoms with Crippen molar-refractivity contribution in [2.45, 2.75) is 19.0 Å². The van der Waals surface area contributed by atoms with E-state index in [-0.39, 0.29) is 0 Å². The van der Waals surface area contributed by atoms with E-state index in [0.29, 0.717) is 16.9 Å². The van der Waals surface area contributed by atoms with Crippen LogP contribution >= 0.6 is 11.8 Å². The molecule has 0 saturated heterocycles. The molecule has 0 spiro atoms. The fourth-order valence-corrected chi connectivity index (χ4v) is 1.74. The number of nitrogens with one attached hydrogen (secondary N) is 2. The van der Waals surface area contributed by atoms with Crippen molar-refractivity contribution in [3.8, 4) is 11.8 Å². The molecular formula is C11H15N5OS. The van der Waals surface area contributed by atoms with Crippen molar-refractivity contribution in [2.75, 3.05) is 18.1 Å². The van der Waals surface area contributed by atoms with Crippen LogP contribution in [0.25, 0.3) is 0 Å². The van der Waals surface area contributed by atoms with Crippen molar-refractivity contribution in [3.63, 3.8) is 0 Å². The highest BCUT2D eigenvalue weighted by molar-refractivity contribution is 7.98. The first-order valence-corrected chi connectivity index (χ1v) is 6.80. The maximum Gasteiger partial charge on any atom is 0.240 e. The standard InChI is InChI=1S/C11H15N5OS/c1-4-12-8-6-9(14-11(13-8)18-3)17-10-5-7(2)15-16-10/h5-6H,4H2,1-3H3,(H,15,16)(H,12,13,14). The monoisotopic (exact) mass is 265 g/mol. The summed E-state index contributed by atoms with van der Waals surface area (Å²) in [7, 11) is 0. The van der Waals surface area contributed by atoms with Crippen molar-refractivity contribution in [3.05, 3.63) is 17.8 Å². The average Bonchev–Trinajstić information content (AvgIpc) is 2.75. The number of hydrogen-bond acceptors (Lipinski definition) is 6. The van der Waals surface area contributed by atoms with Crippen molar-refractivity contribution < 1.29 is 4.74 Å². The van der Waals surface area contributed by atoms with Crippen molar-refractivity contribution in [1.29, 1.82) is 0 Å². The van der Waals surface area contributed by atoms with Gasteiger partial charge in [-0.2, -0.15) is 4.98 Å². The Morgan fingerprint density at radius 3 is 2.78 bits per heavy atom. The summed E-state index contributed by atoms with van der Waals surface area (Å²) < 4.78 is 5.58. The summed E-state index contributed by atoms with van der Waals surface area (Å²) in [4.78, 5) is 8.60. The van der Waals surface area contributed by atoms with Crippen molar-refractivity contribution in [1.82, 2.24) is 20.2 Å². The SMILES string of the molecule is CCNc1cc(Oc2cc(C)[nH]n2)nc(SC)n1. The predicted octanol–water partition coefficient (Wildman–Crippen LogP) is 2.45. The summed E-state index contributed by atoms with van der Waals surface area (Å²) in [5, 5.41) is 10.6. The number of aromatic nitrogens is 4. The van der Waals surface area contributed by atoms with E-state index in [2.05, 4.69) is 25.5 Å². The number of nitrogens with zero attached hydrogens (tertiary/aromatic N) is 3. The third-order valence-corrected chi connectivity index (χ3v) is 2.66. The van der Waals surface area contributed by atoms with Crippen molar-refractivity contribution >= 4 is 17.6 Å². The van der Waals surface area contributed by atoms with E-state index in [1.807, 2.05) is 26.2 Å². The van der Waals surface area contributed by atoms with Gasteiger partial charge in [-0.25, -0.2) is 4.98 Å². The molecule has 0 atom stereocenters. The zero-order valence-corrected chi connectivity index (χ0v) is 11.3. The van der Waals surface area contributed by atoms with Gasteiger partial charge < -0.3 is 10.1 Å². The summed E-state index contributed by atoms with van der Waals surface area (Å²) in [6.45, 7) is 4.72. The Bertz CT molecular complexity index is 528. The number of thioether (sulfide) groups is 1. The molecule has 0 amide bonds. The fourth-order valence-electron chi connectivity index (χ4n) is 1.37. The van der Waals surface area contributed by atoms with E-state index < -0.39 is 0 Å². The third-order valence-electron chi connectivity index (χ3n) is 2.11. The van der Waals surface area contributed by atoms with Crippen LogP contribution in [0, 0.1) is 6.92 Å². The Kier molecular flexibility index (Phi) is 4.03. The van der Waals surface area contributed by atoms with E-state index in [1.54, 1.807) is 6.07 Å². The molecule has 0 aliphatic heterocycles. The highest BCUT2D eigenvalue weighted by Crippen LogP contribution is 2.23. The molecule has 0 saturated carbocycles. The molecule has 0 fully saturated rings. The highest BCUT2D eigenvalue weighted by Gasteiger charge is 2.07. The number of hydrogen-bond donors (Lipinski definition) is 2. The molecule has 18 heavy (non-hydrogen) atoms. The minimum Gasteiger partial charge on any atom is -0.419 e. The van der Waals surface area contributed by atoms with Crippen LogP contribution < -0.4 is 10.1 Å². The van der Waals surface area contributed by atoms with Crippen LogP contribution in [0.15, 0.2) is 17.3 Å². The van der Waals surface area contributed by atoms with Crippen LogP contribution in [-0.4, -0.2) is 33.0 Å². The summed E-state index contributed by atoms with van der Waals surface area (Å²) in [5.74, 6) is 1.73. The zero-order chi connectivity index (χ0) is 13.0. The third kappa shape index (κ3) is 3.13. The molecule has 0 bridgehead atoms. The van der Waals surface area contributed by atoms with Gasteiger partial charge in [-0.3, -0.25) is 5.10 Å². The minimum absolute atomic E-state index is 0.483. The average molecular weight is 265 g/mol. The van der Waals surface area contributed by atoms with Gasteiger partial charge in [0.15, 0.2) is 5.16 Å². The van der Waals surface area contributed by atoms with Crippen LogP contribution in [0.3, 0.4) is 0 Å². The highest BCUT2D eigenvalue weighted by atomic mass is 32.2. The molecule has 2 aromatic heterocycles. The van der Waals surface area contributed by atoms with Gasteiger partial charge in [-0.1, -0.05) is 11.8 Å². The van der Waals surface area contributed by atoms with E-state index >= 15 is 0 Å². The maximum absolute atomic E-state index is 5.58. The molecule has 0 aliphatic rings. The van der Waals surface area contributed by atoms with Gasteiger partial charge >= 0.3 is 0 Å². The number of H-pyrrole nitrogens is 1. The van der Waals surface area contributed by atoms with E-state index in [9.17, 15) is 0 Å². The van der Waals surface area contributed by atoms with Gasteiger partial charge in [-0.15, -0.1) is 5.10 Å². The van der Waals surface area contributed by atoms with Gasteiger partial charge in [0.05, 0.1) is 0 Å². The molecule has 2 rings (SSSR count). The first-order valence-electron chi connectivity index (χ1n) is 5.58. The summed E-state index contributed by atoms with van der Waals surface area (Å²) >= 11 is 1.47.